The number of aromatic nitrogens is 4. The van der Waals surface area contributed by atoms with Crippen LogP contribution < -0.4 is 15.5 Å². The van der Waals surface area contributed by atoms with Crippen LogP contribution in [0.3, 0.4) is 0 Å². The quantitative estimate of drug-likeness (QED) is 0.423. The number of carbonyl (C=O) groups excluding carboxylic acids is 1. The molecular formula is C24H37ClN8O2. The molecule has 2 fully saturated rings. The maximum absolute atomic E-state index is 13.0. The molecule has 11 heteroatoms. The van der Waals surface area contributed by atoms with E-state index < -0.39 is 0 Å². The van der Waals surface area contributed by atoms with E-state index in [1.165, 1.54) is 6.42 Å². The van der Waals surface area contributed by atoms with Gasteiger partial charge in [0.1, 0.15) is 11.0 Å². The number of halogens is 1. The van der Waals surface area contributed by atoms with Crippen LogP contribution in [0.4, 0.5) is 17.6 Å². The van der Waals surface area contributed by atoms with Crippen molar-refractivity contribution in [3.8, 4) is 0 Å². The number of hydrogen-bond donors (Lipinski definition) is 3. The minimum Gasteiger partial charge on any atom is -0.385 e. The van der Waals surface area contributed by atoms with Crippen molar-refractivity contribution >= 4 is 35.1 Å². The smallest absolute Gasteiger partial charge is 0.237 e. The van der Waals surface area contributed by atoms with Crippen LogP contribution in [0.15, 0.2) is 12.1 Å². The van der Waals surface area contributed by atoms with Crippen molar-refractivity contribution in [1.82, 2.24) is 30.4 Å². The Kier molecular flexibility index (Phi) is 8.46. The van der Waals surface area contributed by atoms with Crippen molar-refractivity contribution < 1.29 is 9.53 Å². The third-order valence-electron chi connectivity index (χ3n) is 7.12. The number of hydrogen-bond acceptors (Lipinski definition) is 8. The molecule has 0 aliphatic carbocycles. The van der Waals surface area contributed by atoms with Gasteiger partial charge in [-0.2, -0.15) is 10.1 Å². The number of anilines is 3. The molecule has 10 nitrogen and oxygen atoms in total. The molecular weight excluding hydrogens is 468 g/mol. The lowest BCUT2D eigenvalue weighted by molar-refractivity contribution is -0.132. The number of carbonyl (C=O) groups is 1. The van der Waals surface area contributed by atoms with Gasteiger partial charge in [0.05, 0.1) is 6.04 Å². The summed E-state index contributed by atoms with van der Waals surface area (Å²) < 4.78 is 5.34. The molecule has 3 N–H and O–H groups in total. The molecule has 0 aromatic carbocycles. The second-order valence-electron chi connectivity index (χ2n) is 9.55. The maximum atomic E-state index is 13.0. The van der Waals surface area contributed by atoms with Gasteiger partial charge < -0.3 is 20.3 Å². The summed E-state index contributed by atoms with van der Waals surface area (Å²) in [5, 5.41) is 13.8. The van der Waals surface area contributed by atoms with E-state index in [0.29, 0.717) is 54.4 Å². The van der Waals surface area contributed by atoms with Gasteiger partial charge in [-0.15, -0.1) is 0 Å². The number of amides is 1. The summed E-state index contributed by atoms with van der Waals surface area (Å²) in [5.41, 5.74) is 0.958. The molecule has 2 aromatic heterocycles. The highest BCUT2D eigenvalue weighted by Crippen LogP contribution is 2.38. The summed E-state index contributed by atoms with van der Waals surface area (Å²) in [5.74, 6) is 1.98. The van der Waals surface area contributed by atoms with E-state index in [2.05, 4.69) is 35.6 Å². The molecule has 2 aliphatic heterocycles. The topological polar surface area (TPSA) is 111 Å². The van der Waals surface area contributed by atoms with Crippen LogP contribution in [0.1, 0.15) is 51.1 Å². The molecule has 2 bridgehead atoms. The van der Waals surface area contributed by atoms with E-state index >= 15 is 0 Å². The minimum absolute atomic E-state index is 0.107. The first-order chi connectivity index (χ1) is 16.9. The molecule has 0 spiro atoms. The maximum Gasteiger partial charge on any atom is 0.237 e. The highest BCUT2D eigenvalue weighted by Gasteiger charge is 2.44. The summed E-state index contributed by atoms with van der Waals surface area (Å²) in [6.45, 7) is 5.12. The van der Waals surface area contributed by atoms with Crippen LogP contribution in [0.5, 0.6) is 0 Å². The minimum atomic E-state index is -0.160. The van der Waals surface area contributed by atoms with Crippen LogP contribution in [-0.2, 0) is 9.53 Å². The zero-order valence-corrected chi connectivity index (χ0v) is 21.8. The first-order valence-corrected chi connectivity index (χ1v) is 12.9. The van der Waals surface area contributed by atoms with Gasteiger partial charge in [-0.25, -0.2) is 4.98 Å². The number of ether oxygens (including phenoxy) is 1. The summed E-state index contributed by atoms with van der Waals surface area (Å²) in [6.07, 6.45) is 5.98. The number of rotatable bonds is 10. The normalized spacial score (nSPS) is 23.1. The molecule has 1 amide bonds. The fourth-order valence-corrected chi connectivity index (χ4v) is 5.73. The van der Waals surface area contributed by atoms with Crippen LogP contribution in [0, 0.1) is 6.92 Å². The van der Waals surface area contributed by atoms with Gasteiger partial charge in [0, 0.05) is 63.3 Å². The van der Waals surface area contributed by atoms with E-state index in [0.717, 1.165) is 31.4 Å². The van der Waals surface area contributed by atoms with E-state index in [9.17, 15) is 4.79 Å². The lowest BCUT2D eigenvalue weighted by Gasteiger charge is -2.53. The molecule has 2 saturated heterocycles. The predicted octanol–water partition coefficient (Wildman–Crippen LogP) is 3.27. The summed E-state index contributed by atoms with van der Waals surface area (Å²) in [4.78, 5) is 26.8. The van der Waals surface area contributed by atoms with Gasteiger partial charge in [0.15, 0.2) is 5.82 Å². The second kappa shape index (κ2) is 11.5. The zero-order chi connectivity index (χ0) is 24.9. The molecule has 0 radical (unpaired) electrons. The summed E-state index contributed by atoms with van der Waals surface area (Å²) in [6, 6.07) is 4.38. The molecule has 4 heterocycles. The van der Waals surface area contributed by atoms with Gasteiger partial charge in [0.25, 0.3) is 0 Å². The average molecular weight is 505 g/mol. The van der Waals surface area contributed by atoms with Gasteiger partial charge in [-0.3, -0.25) is 14.8 Å². The third-order valence-corrected chi connectivity index (χ3v) is 7.32. The fraction of sp³-hybridized carbons (Fsp3) is 0.667. The van der Waals surface area contributed by atoms with Crippen molar-refractivity contribution in [3.63, 3.8) is 0 Å². The Morgan fingerprint density at radius 3 is 2.66 bits per heavy atom. The van der Waals surface area contributed by atoms with Crippen LogP contribution in [0.2, 0.25) is 5.15 Å². The average Bonchev–Trinajstić information content (AvgIpc) is 3.22. The molecule has 192 valence electrons. The van der Waals surface area contributed by atoms with Crippen LogP contribution in [0.25, 0.3) is 0 Å². The lowest BCUT2D eigenvalue weighted by atomic mass is 9.79. The van der Waals surface area contributed by atoms with Crippen molar-refractivity contribution in [2.24, 2.45) is 0 Å². The molecule has 2 aromatic rings. The number of nitrogens with zero attached hydrogens (tertiary/aromatic N) is 5. The molecule has 0 saturated carbocycles. The van der Waals surface area contributed by atoms with Gasteiger partial charge in [-0.05, 0) is 46.0 Å². The molecule has 4 rings (SSSR count). The molecule has 2 unspecified atom stereocenters. The van der Waals surface area contributed by atoms with Crippen LogP contribution >= 0.6 is 11.6 Å². The highest BCUT2D eigenvalue weighted by atomic mass is 35.5. The Balaban J connectivity index is 1.51. The lowest BCUT2D eigenvalue weighted by Crippen LogP contribution is -2.63. The Hall–Kier alpha value is -2.43. The van der Waals surface area contributed by atoms with Crippen molar-refractivity contribution in [2.75, 3.05) is 37.5 Å². The second-order valence-corrected chi connectivity index (χ2v) is 9.94. The molecule has 35 heavy (non-hydrogen) atoms. The Bertz CT molecular complexity index is 988. The first-order valence-electron chi connectivity index (χ1n) is 12.5. The molecule has 4 atom stereocenters. The van der Waals surface area contributed by atoms with Gasteiger partial charge in [0.2, 0.25) is 11.9 Å². The Morgan fingerprint density at radius 2 is 2.03 bits per heavy atom. The van der Waals surface area contributed by atoms with E-state index in [-0.39, 0.29) is 18.0 Å². The number of H-pyrrole nitrogens is 1. The van der Waals surface area contributed by atoms with Crippen LogP contribution in [-0.4, -0.2) is 82.4 Å². The zero-order valence-electron chi connectivity index (χ0n) is 21.1. The third kappa shape index (κ3) is 6.05. The van der Waals surface area contributed by atoms with Crippen molar-refractivity contribution in [2.45, 2.75) is 76.5 Å². The summed E-state index contributed by atoms with van der Waals surface area (Å²) >= 11 is 6.37. The fourth-order valence-electron chi connectivity index (χ4n) is 5.56. The van der Waals surface area contributed by atoms with E-state index in [4.69, 9.17) is 21.3 Å². The Morgan fingerprint density at radius 1 is 1.29 bits per heavy atom. The van der Waals surface area contributed by atoms with Crippen molar-refractivity contribution in [1.29, 1.82) is 0 Å². The summed E-state index contributed by atoms with van der Waals surface area (Å²) in [7, 11) is 3.73. The number of piperidine rings is 2. The highest BCUT2D eigenvalue weighted by molar-refractivity contribution is 6.29. The first kappa shape index (κ1) is 25.7. The number of fused-ring (bicyclic) bond motifs is 2. The number of nitrogens with one attached hydrogen (secondary N) is 3. The standard InChI is InChI=1S/C24H37ClN8O2/c1-5-26-23(34)19(9-10-35-4)33-16-7-6-8-17(33)13-18(12-16)32(3)24-27-20(25)14-21(29-24)28-22-11-15(2)30-31-22/h11,14,16-19H,5-10,12-13H2,1-4H3,(H,26,34)(H2,27,28,29,30,31)/t16-,17+,18?,19?. The Labute approximate surface area is 212 Å². The predicted molar refractivity (Wildman–Crippen MR) is 137 cm³/mol. The van der Waals surface area contributed by atoms with E-state index in [1.54, 1.807) is 13.2 Å². The number of aromatic amines is 1. The number of likely N-dealkylation sites (N-methyl/N-ethyl adjacent to an activating group) is 1. The monoisotopic (exact) mass is 504 g/mol. The molecule has 2 aliphatic rings. The van der Waals surface area contributed by atoms with E-state index in [1.807, 2.05) is 27.0 Å². The largest absolute Gasteiger partial charge is 0.385 e. The van der Waals surface area contributed by atoms with Gasteiger partial charge in [-0.1, -0.05) is 18.0 Å². The number of methoxy groups -OCH3 is 1. The number of aryl methyl sites for hydroxylation is 1. The van der Waals surface area contributed by atoms with Gasteiger partial charge >= 0.3 is 0 Å². The van der Waals surface area contributed by atoms with Crippen molar-refractivity contribution in [3.05, 3.63) is 23.0 Å². The SMILES string of the molecule is CCNC(=O)C(CCOC)N1[C@@H]2CCC[C@H]1CC(N(C)c1nc(Cl)cc(Nc3cc(C)[nH]n3)n1)C2.